The summed E-state index contributed by atoms with van der Waals surface area (Å²) in [6.45, 7) is 5.95. The summed E-state index contributed by atoms with van der Waals surface area (Å²) in [6.07, 6.45) is 1.75. The van der Waals surface area contributed by atoms with Crippen molar-refractivity contribution in [2.75, 3.05) is 20.2 Å². The van der Waals surface area contributed by atoms with E-state index in [1.54, 1.807) is 17.4 Å². The van der Waals surface area contributed by atoms with E-state index in [0.29, 0.717) is 6.61 Å². The molecular formula is C10H15N3OS. The molecule has 0 aliphatic carbocycles. The molecule has 1 unspecified atom stereocenters. The van der Waals surface area contributed by atoms with Crippen molar-refractivity contribution in [3.8, 4) is 0 Å². The second-order valence-corrected chi connectivity index (χ2v) is 4.33. The van der Waals surface area contributed by atoms with E-state index in [-0.39, 0.29) is 6.04 Å². The van der Waals surface area contributed by atoms with Gasteiger partial charge in [-0.2, -0.15) is 5.06 Å². The van der Waals surface area contributed by atoms with Crippen LogP contribution in [0.1, 0.15) is 16.6 Å². The highest BCUT2D eigenvalue weighted by Gasteiger charge is 2.26. The number of rotatable bonds is 4. The van der Waals surface area contributed by atoms with E-state index < -0.39 is 0 Å². The van der Waals surface area contributed by atoms with Gasteiger partial charge in [0.25, 0.3) is 0 Å². The quantitative estimate of drug-likeness (QED) is 0.620. The smallest absolute Gasteiger partial charge is 0.0864 e. The van der Waals surface area contributed by atoms with Gasteiger partial charge < -0.3 is 5.32 Å². The maximum atomic E-state index is 5.51. The molecule has 1 aromatic rings. The minimum Gasteiger partial charge on any atom is -0.309 e. The summed E-state index contributed by atoms with van der Waals surface area (Å²) in [6, 6.07) is 0.265. The summed E-state index contributed by atoms with van der Waals surface area (Å²) in [5.74, 6) is 0. The molecule has 0 fully saturated rings. The molecule has 2 rings (SSSR count). The molecule has 0 bridgehead atoms. The Morgan fingerprint density at radius 3 is 3.53 bits per heavy atom. The van der Waals surface area contributed by atoms with Gasteiger partial charge in [-0.05, 0) is 0 Å². The number of nitrogens with one attached hydrogen (secondary N) is 1. The largest absolute Gasteiger partial charge is 0.309 e. The van der Waals surface area contributed by atoms with Crippen LogP contribution in [0.15, 0.2) is 18.2 Å². The van der Waals surface area contributed by atoms with Crippen molar-refractivity contribution >= 4 is 11.3 Å². The highest BCUT2D eigenvalue weighted by atomic mass is 32.1. The molecule has 0 saturated heterocycles. The molecule has 82 valence electrons. The molecule has 1 N–H and O–H groups in total. The molecule has 0 spiro atoms. The molecule has 1 aliphatic rings. The van der Waals surface area contributed by atoms with Crippen LogP contribution in [0.3, 0.4) is 0 Å². The van der Waals surface area contributed by atoms with E-state index in [9.17, 15) is 0 Å². The molecule has 15 heavy (non-hydrogen) atoms. The molecule has 0 amide bonds. The van der Waals surface area contributed by atoms with Crippen molar-refractivity contribution in [1.29, 1.82) is 0 Å². The fraction of sp³-hybridized carbons (Fsp3) is 0.500. The number of thiazole rings is 1. The Morgan fingerprint density at radius 2 is 2.73 bits per heavy atom. The van der Waals surface area contributed by atoms with E-state index in [1.807, 2.05) is 17.6 Å². The van der Waals surface area contributed by atoms with Crippen molar-refractivity contribution in [1.82, 2.24) is 15.4 Å². The van der Waals surface area contributed by atoms with Crippen LogP contribution in [0.2, 0.25) is 0 Å². The standard InChI is InChI=1S/C10H15N3OS/c1-3-4-14-13(2)9-6-11-5-8-10(9)15-7-12-8/h3,7,9,11H,1,4-6H2,2H3. The lowest BCUT2D eigenvalue weighted by Gasteiger charge is -2.29. The first-order valence-electron chi connectivity index (χ1n) is 4.92. The summed E-state index contributed by atoms with van der Waals surface area (Å²) in [4.78, 5) is 11.1. The third-order valence-electron chi connectivity index (χ3n) is 2.44. The minimum absolute atomic E-state index is 0.265. The van der Waals surface area contributed by atoms with E-state index in [2.05, 4.69) is 16.9 Å². The second kappa shape index (κ2) is 4.85. The van der Waals surface area contributed by atoms with Crippen molar-refractivity contribution < 1.29 is 4.84 Å². The zero-order valence-electron chi connectivity index (χ0n) is 8.77. The van der Waals surface area contributed by atoms with Crippen LogP contribution in [0.4, 0.5) is 0 Å². The number of hydrogen-bond donors (Lipinski definition) is 1. The van der Waals surface area contributed by atoms with E-state index in [0.717, 1.165) is 18.8 Å². The Morgan fingerprint density at radius 1 is 1.87 bits per heavy atom. The molecule has 1 aliphatic heterocycles. The summed E-state index contributed by atoms with van der Waals surface area (Å²) < 4.78 is 0. The van der Waals surface area contributed by atoms with Gasteiger partial charge in [-0.3, -0.25) is 4.84 Å². The minimum atomic E-state index is 0.265. The van der Waals surface area contributed by atoms with Crippen LogP contribution in [0.25, 0.3) is 0 Å². The SMILES string of the molecule is C=CCON(C)C1CNCc2ncsc21. The Kier molecular flexibility index (Phi) is 3.48. The van der Waals surface area contributed by atoms with Gasteiger partial charge in [0, 0.05) is 25.0 Å². The summed E-state index contributed by atoms with van der Waals surface area (Å²) in [7, 11) is 1.95. The van der Waals surface area contributed by atoms with E-state index in [1.165, 1.54) is 4.88 Å². The molecule has 1 atom stereocenters. The lowest BCUT2D eigenvalue weighted by molar-refractivity contribution is -0.158. The number of nitrogens with zero attached hydrogens (tertiary/aromatic N) is 2. The van der Waals surface area contributed by atoms with Gasteiger partial charge >= 0.3 is 0 Å². The first-order valence-corrected chi connectivity index (χ1v) is 5.80. The maximum Gasteiger partial charge on any atom is 0.0864 e. The highest BCUT2D eigenvalue weighted by molar-refractivity contribution is 7.09. The number of fused-ring (bicyclic) bond motifs is 1. The fourth-order valence-corrected chi connectivity index (χ4v) is 2.60. The third-order valence-corrected chi connectivity index (χ3v) is 3.41. The lowest BCUT2D eigenvalue weighted by atomic mass is 10.1. The molecule has 0 radical (unpaired) electrons. The van der Waals surface area contributed by atoms with Crippen LogP contribution >= 0.6 is 11.3 Å². The van der Waals surface area contributed by atoms with Gasteiger partial charge in [0.1, 0.15) is 0 Å². The van der Waals surface area contributed by atoms with Gasteiger partial charge in [-0.25, -0.2) is 4.98 Å². The van der Waals surface area contributed by atoms with Crippen molar-refractivity contribution in [2.45, 2.75) is 12.6 Å². The van der Waals surface area contributed by atoms with Gasteiger partial charge in [0.05, 0.1) is 23.9 Å². The Hall–Kier alpha value is -0.750. The van der Waals surface area contributed by atoms with Crippen LogP contribution in [-0.2, 0) is 11.4 Å². The van der Waals surface area contributed by atoms with Gasteiger partial charge in [0.15, 0.2) is 0 Å². The molecule has 4 nitrogen and oxygen atoms in total. The number of likely N-dealkylation sites (N-methyl/N-ethyl adjacent to an activating group) is 1. The van der Waals surface area contributed by atoms with E-state index >= 15 is 0 Å². The summed E-state index contributed by atoms with van der Waals surface area (Å²) >= 11 is 1.70. The normalized spacial score (nSPS) is 20.3. The van der Waals surface area contributed by atoms with Crippen LogP contribution < -0.4 is 5.32 Å². The third kappa shape index (κ3) is 2.26. The van der Waals surface area contributed by atoms with Gasteiger partial charge in [-0.15, -0.1) is 17.9 Å². The first-order chi connectivity index (χ1) is 7.33. The summed E-state index contributed by atoms with van der Waals surface area (Å²) in [5.41, 5.74) is 3.04. The zero-order chi connectivity index (χ0) is 10.7. The van der Waals surface area contributed by atoms with Crippen molar-refractivity contribution in [3.05, 3.63) is 28.7 Å². The number of aromatic nitrogens is 1. The zero-order valence-corrected chi connectivity index (χ0v) is 9.59. The number of hydrogen-bond acceptors (Lipinski definition) is 5. The second-order valence-electron chi connectivity index (χ2n) is 3.44. The lowest BCUT2D eigenvalue weighted by Crippen LogP contribution is -2.37. The highest BCUT2D eigenvalue weighted by Crippen LogP contribution is 2.29. The van der Waals surface area contributed by atoms with Crippen LogP contribution in [0.5, 0.6) is 0 Å². The monoisotopic (exact) mass is 225 g/mol. The molecule has 1 aromatic heterocycles. The van der Waals surface area contributed by atoms with Crippen molar-refractivity contribution in [2.24, 2.45) is 0 Å². The Balaban J connectivity index is 2.08. The van der Waals surface area contributed by atoms with Crippen LogP contribution in [-0.4, -0.2) is 30.2 Å². The average molecular weight is 225 g/mol. The fourth-order valence-electron chi connectivity index (χ4n) is 1.66. The maximum absolute atomic E-state index is 5.51. The van der Waals surface area contributed by atoms with E-state index in [4.69, 9.17) is 4.84 Å². The Labute approximate surface area is 93.5 Å². The Bertz CT molecular complexity index is 339. The van der Waals surface area contributed by atoms with Crippen molar-refractivity contribution in [3.63, 3.8) is 0 Å². The predicted octanol–water partition coefficient (Wildman–Crippen LogP) is 1.34. The molecule has 2 heterocycles. The average Bonchev–Trinajstić information content (AvgIpc) is 2.73. The molecular weight excluding hydrogens is 210 g/mol. The predicted molar refractivity (Wildman–Crippen MR) is 60.5 cm³/mol. The molecule has 0 saturated carbocycles. The molecule has 0 aromatic carbocycles. The van der Waals surface area contributed by atoms with Gasteiger partial charge in [0.2, 0.25) is 0 Å². The first kappa shape index (κ1) is 10.8. The topological polar surface area (TPSA) is 37.4 Å². The van der Waals surface area contributed by atoms with Gasteiger partial charge in [-0.1, -0.05) is 6.08 Å². The molecule has 5 heteroatoms. The number of hydroxylamine groups is 2. The van der Waals surface area contributed by atoms with Crippen LogP contribution in [0, 0.1) is 0 Å². The summed E-state index contributed by atoms with van der Waals surface area (Å²) in [5, 5.41) is 5.21.